The fraction of sp³-hybridized carbons (Fsp3) is 0.417. The first-order valence-corrected chi connectivity index (χ1v) is 13.2. The monoisotopic (exact) mass is 543 g/mol. The highest BCUT2D eigenvalue weighted by Crippen LogP contribution is 2.53. The van der Waals surface area contributed by atoms with Gasteiger partial charge in [0, 0.05) is 26.7 Å². The smallest absolute Gasteiger partial charge is 0.406 e. The molecule has 4 rings (SSSR count). The maximum Gasteiger partial charge on any atom is 0.573 e. The Kier molecular flexibility index (Phi) is 7.72. The number of aliphatic hydroxyl groups excluding tert-OH is 1. The first kappa shape index (κ1) is 27.2. The van der Waals surface area contributed by atoms with E-state index in [1.807, 2.05) is 4.90 Å². The Morgan fingerprint density at radius 2 is 1.95 bits per heavy atom. The van der Waals surface area contributed by atoms with Gasteiger partial charge in [-0.3, -0.25) is 23.6 Å². The number of anilines is 1. The van der Waals surface area contributed by atoms with Gasteiger partial charge in [0.05, 0.1) is 29.1 Å². The summed E-state index contributed by atoms with van der Waals surface area (Å²) in [6.45, 7) is 1.40. The number of hydrogen-bond acceptors (Lipinski definition) is 7. The molecule has 2 aliphatic heterocycles. The second-order valence-corrected chi connectivity index (χ2v) is 11.3. The molecule has 1 unspecified atom stereocenters. The Balaban J connectivity index is 1.53. The molecule has 37 heavy (non-hydrogen) atoms. The van der Waals surface area contributed by atoms with Crippen LogP contribution >= 0.6 is 10.6 Å². The van der Waals surface area contributed by atoms with Gasteiger partial charge in [0.15, 0.2) is 0 Å². The molecule has 0 saturated carbocycles. The van der Waals surface area contributed by atoms with Gasteiger partial charge in [-0.15, -0.1) is 13.2 Å². The Bertz CT molecular complexity index is 1160. The van der Waals surface area contributed by atoms with E-state index >= 15 is 0 Å². The molecular weight excluding hydrogens is 515 g/mol. The highest BCUT2D eigenvalue weighted by Gasteiger charge is 2.33. The van der Waals surface area contributed by atoms with Crippen LogP contribution < -0.4 is 10.1 Å². The summed E-state index contributed by atoms with van der Waals surface area (Å²) in [4.78, 5) is 28.8. The third kappa shape index (κ3) is 6.73. The molecule has 2 aromatic rings. The number of fused-ring (bicyclic) bond motifs is 1. The summed E-state index contributed by atoms with van der Waals surface area (Å²) in [6.07, 6.45) is -4.78. The van der Waals surface area contributed by atoms with Crippen LogP contribution in [0, 0.1) is 0 Å². The van der Waals surface area contributed by atoms with E-state index in [0.29, 0.717) is 37.2 Å². The van der Waals surface area contributed by atoms with Crippen molar-refractivity contribution < 1.29 is 41.7 Å². The van der Waals surface area contributed by atoms with E-state index in [2.05, 4.69) is 10.1 Å². The number of aliphatic hydroxyl groups is 1. The van der Waals surface area contributed by atoms with Crippen LogP contribution in [0.1, 0.15) is 23.6 Å². The van der Waals surface area contributed by atoms with Gasteiger partial charge in [-0.05, 0) is 41.8 Å². The van der Waals surface area contributed by atoms with Crippen molar-refractivity contribution in [2.75, 3.05) is 37.8 Å². The van der Waals surface area contributed by atoms with Crippen LogP contribution in [0.4, 0.5) is 18.9 Å². The number of benzene rings is 2. The molecule has 2 aromatic carbocycles. The van der Waals surface area contributed by atoms with Crippen molar-refractivity contribution in [3.8, 4) is 5.75 Å². The Morgan fingerprint density at radius 1 is 1.24 bits per heavy atom. The van der Waals surface area contributed by atoms with Gasteiger partial charge in [0.25, 0.3) is 0 Å². The number of alkyl halides is 3. The van der Waals surface area contributed by atoms with Crippen LogP contribution in [0.25, 0.3) is 0 Å². The number of nitrogens with zero attached hydrogens (tertiary/aromatic N) is 2. The first-order chi connectivity index (χ1) is 17.3. The molecule has 1 fully saturated rings. The fourth-order valence-corrected chi connectivity index (χ4v) is 5.90. The number of ether oxygens (including phenoxy) is 1. The van der Waals surface area contributed by atoms with E-state index in [9.17, 15) is 37.0 Å². The molecule has 9 nitrogen and oxygen atoms in total. The third-order valence-electron chi connectivity index (χ3n) is 6.40. The lowest BCUT2D eigenvalue weighted by Crippen LogP contribution is -2.39. The van der Waals surface area contributed by atoms with Gasteiger partial charge in [0.2, 0.25) is 11.8 Å². The average Bonchev–Trinajstić information content (AvgIpc) is 3.20. The molecule has 2 amide bonds. The molecule has 1 saturated heterocycles. The van der Waals surface area contributed by atoms with Gasteiger partial charge in [-0.1, -0.05) is 18.2 Å². The zero-order chi connectivity index (χ0) is 27.0. The van der Waals surface area contributed by atoms with Gasteiger partial charge in [-0.2, -0.15) is 10.6 Å². The highest BCUT2D eigenvalue weighted by molar-refractivity contribution is 8.25. The van der Waals surface area contributed by atoms with Crippen molar-refractivity contribution in [3.05, 3.63) is 53.6 Å². The summed E-state index contributed by atoms with van der Waals surface area (Å²) in [5.41, 5.74) is 1.38. The van der Waals surface area contributed by atoms with E-state index in [1.165, 1.54) is 41.3 Å². The molecule has 2 aliphatic rings. The van der Waals surface area contributed by atoms with Crippen molar-refractivity contribution in [1.82, 2.24) is 9.80 Å². The summed E-state index contributed by atoms with van der Waals surface area (Å²) in [7, 11) is -1.66. The van der Waals surface area contributed by atoms with Gasteiger partial charge >= 0.3 is 6.36 Å². The van der Waals surface area contributed by atoms with E-state index in [-0.39, 0.29) is 28.7 Å². The minimum atomic E-state index is -4.82. The number of nitrogens with one attached hydrogen (secondary N) is 1. The van der Waals surface area contributed by atoms with Crippen molar-refractivity contribution >= 4 is 28.1 Å². The SMILES string of the molecule is CN(C(=O)Cc1ccc2c(c1)NC(=O)CS2(O)O)[C@H](CN1CCC(O)C1)c1ccc(OC(F)(F)F)cc1. The molecular formula is C24H28F3N3O6S. The highest BCUT2D eigenvalue weighted by atomic mass is 32.3. The van der Waals surface area contributed by atoms with Crippen molar-refractivity contribution in [3.63, 3.8) is 0 Å². The van der Waals surface area contributed by atoms with Crippen LogP contribution in [0.2, 0.25) is 0 Å². The number of halogens is 3. The quantitative estimate of drug-likeness (QED) is 0.422. The minimum Gasteiger partial charge on any atom is -0.406 e. The fourth-order valence-electron chi connectivity index (χ4n) is 4.56. The number of hydrogen-bond donors (Lipinski definition) is 4. The summed E-state index contributed by atoms with van der Waals surface area (Å²) in [6, 6.07) is 9.40. The maximum absolute atomic E-state index is 13.3. The number of carbonyl (C=O) groups excluding carboxylic acids is 2. The lowest BCUT2D eigenvalue weighted by atomic mass is 10.0. The largest absolute Gasteiger partial charge is 0.573 e. The van der Waals surface area contributed by atoms with E-state index in [0.717, 1.165) is 0 Å². The van der Waals surface area contributed by atoms with Crippen LogP contribution in [0.5, 0.6) is 5.75 Å². The van der Waals surface area contributed by atoms with Gasteiger partial charge < -0.3 is 20.1 Å². The molecule has 0 radical (unpaired) electrons. The van der Waals surface area contributed by atoms with Crippen LogP contribution in [-0.2, 0) is 16.0 Å². The zero-order valence-electron chi connectivity index (χ0n) is 19.9. The van der Waals surface area contributed by atoms with Crippen molar-refractivity contribution in [2.24, 2.45) is 0 Å². The van der Waals surface area contributed by atoms with E-state index in [1.54, 1.807) is 13.1 Å². The molecule has 4 N–H and O–H groups in total. The third-order valence-corrected chi connectivity index (χ3v) is 8.12. The summed E-state index contributed by atoms with van der Waals surface area (Å²) in [5, 5.41) is 12.5. The molecule has 0 aromatic heterocycles. The zero-order valence-corrected chi connectivity index (χ0v) is 20.8. The van der Waals surface area contributed by atoms with E-state index < -0.39 is 40.8 Å². The molecule has 0 bridgehead atoms. The van der Waals surface area contributed by atoms with Gasteiger partial charge in [0.1, 0.15) is 11.5 Å². The van der Waals surface area contributed by atoms with E-state index in [4.69, 9.17) is 0 Å². The Hall–Kier alpha value is -2.84. The lowest BCUT2D eigenvalue weighted by molar-refractivity contribution is -0.274. The summed E-state index contributed by atoms with van der Waals surface area (Å²) >= 11 is 0. The number of likely N-dealkylation sites (N-methyl/N-ethyl adjacent to an activating group) is 1. The molecule has 0 aliphatic carbocycles. The summed E-state index contributed by atoms with van der Waals surface area (Å²) in [5.74, 6) is -1.61. The topological polar surface area (TPSA) is 123 Å². The number of β-amino-alcohol motifs (C(OH)–C–C–N with tert-alkyl or cyclic N) is 1. The standard InChI is InChI=1S/C24H28F3N3O6S/c1-29(23(33)11-15-2-7-21-19(10-15)28-22(32)14-37(21,34)35)20(13-30-9-8-17(31)12-30)16-3-5-18(6-4-16)36-24(25,26)27/h2-7,10,17,20,31,34-35H,8-9,11-14H2,1H3,(H,28,32)/t17?,20-/m1/s1. The second kappa shape index (κ2) is 10.5. The first-order valence-electron chi connectivity index (χ1n) is 11.5. The maximum atomic E-state index is 13.3. The average molecular weight is 544 g/mol. The van der Waals surface area contributed by atoms with Crippen LogP contribution in [0.15, 0.2) is 47.4 Å². The van der Waals surface area contributed by atoms with Gasteiger partial charge in [-0.25, -0.2) is 0 Å². The second-order valence-electron chi connectivity index (χ2n) is 9.21. The number of rotatable bonds is 7. The Morgan fingerprint density at radius 3 is 2.57 bits per heavy atom. The normalized spacial score (nSPS) is 21.1. The molecule has 202 valence electrons. The van der Waals surface area contributed by atoms with Crippen molar-refractivity contribution in [1.29, 1.82) is 0 Å². The lowest BCUT2D eigenvalue weighted by Gasteiger charge is -2.37. The number of likely N-dealkylation sites (tertiary alicyclic amines) is 1. The predicted molar refractivity (Wildman–Crippen MR) is 130 cm³/mol. The molecule has 0 spiro atoms. The molecule has 2 atom stereocenters. The molecule has 2 heterocycles. The minimum absolute atomic E-state index is 0.0623. The molecule has 13 heteroatoms. The summed E-state index contributed by atoms with van der Waals surface area (Å²) < 4.78 is 62.0. The van der Waals surface area contributed by atoms with Crippen LogP contribution in [0.3, 0.4) is 0 Å². The van der Waals surface area contributed by atoms with Crippen LogP contribution in [-0.4, -0.2) is 80.7 Å². The number of carbonyl (C=O) groups is 2. The van der Waals surface area contributed by atoms with Crippen molar-refractivity contribution in [2.45, 2.75) is 36.2 Å². The number of amides is 2. The predicted octanol–water partition coefficient (Wildman–Crippen LogP) is 3.46. The Labute approximate surface area is 213 Å².